The number of carbonyl (C=O) groups excluding carboxylic acids is 1. The first kappa shape index (κ1) is 13.3. The summed E-state index contributed by atoms with van der Waals surface area (Å²) in [5.74, 6) is -0.450. The molecule has 7 heteroatoms. The Bertz CT molecular complexity index is 481. The van der Waals surface area contributed by atoms with Crippen molar-refractivity contribution in [2.45, 2.75) is 19.2 Å². The fourth-order valence-electron chi connectivity index (χ4n) is 1.70. The molecule has 1 atom stereocenters. The highest BCUT2D eigenvalue weighted by atomic mass is 19.1. The SMILES string of the molecule is NCCC1OC=CN1C(=O)NCc1ncccc1F. The number of aromatic nitrogens is 1. The quantitative estimate of drug-likeness (QED) is 0.848. The first-order valence-corrected chi connectivity index (χ1v) is 5.90. The van der Waals surface area contributed by atoms with Crippen molar-refractivity contribution in [1.29, 1.82) is 0 Å². The minimum Gasteiger partial charge on any atom is -0.476 e. The maximum atomic E-state index is 13.3. The van der Waals surface area contributed by atoms with Crippen LogP contribution in [0, 0.1) is 5.82 Å². The minimum absolute atomic E-state index is 0.0190. The predicted molar refractivity (Wildman–Crippen MR) is 66.0 cm³/mol. The maximum Gasteiger partial charge on any atom is 0.324 e. The summed E-state index contributed by atoms with van der Waals surface area (Å²) in [6, 6.07) is 2.41. The van der Waals surface area contributed by atoms with E-state index in [9.17, 15) is 9.18 Å². The van der Waals surface area contributed by atoms with Crippen LogP contribution in [0.5, 0.6) is 0 Å². The van der Waals surface area contributed by atoms with E-state index in [1.165, 1.54) is 35.7 Å². The highest BCUT2D eigenvalue weighted by molar-refractivity contribution is 5.75. The van der Waals surface area contributed by atoms with Gasteiger partial charge >= 0.3 is 6.03 Å². The fourth-order valence-corrected chi connectivity index (χ4v) is 1.70. The van der Waals surface area contributed by atoms with E-state index < -0.39 is 12.0 Å². The van der Waals surface area contributed by atoms with Crippen molar-refractivity contribution in [3.8, 4) is 0 Å². The van der Waals surface area contributed by atoms with E-state index in [0.717, 1.165) is 0 Å². The Morgan fingerprint density at radius 2 is 2.47 bits per heavy atom. The number of ether oxygens (including phenoxy) is 1. The molecule has 6 nitrogen and oxygen atoms in total. The largest absolute Gasteiger partial charge is 0.476 e. The third-order valence-electron chi connectivity index (χ3n) is 2.66. The summed E-state index contributed by atoms with van der Waals surface area (Å²) in [6.07, 6.45) is 4.55. The van der Waals surface area contributed by atoms with Gasteiger partial charge < -0.3 is 15.8 Å². The van der Waals surface area contributed by atoms with Crippen LogP contribution in [0.25, 0.3) is 0 Å². The Balaban J connectivity index is 1.91. The topological polar surface area (TPSA) is 80.5 Å². The van der Waals surface area contributed by atoms with Gasteiger partial charge in [-0.15, -0.1) is 0 Å². The van der Waals surface area contributed by atoms with E-state index in [4.69, 9.17) is 10.5 Å². The summed E-state index contributed by atoms with van der Waals surface area (Å²) < 4.78 is 18.5. The third kappa shape index (κ3) is 3.19. The van der Waals surface area contributed by atoms with Crippen molar-refractivity contribution in [2.24, 2.45) is 5.73 Å². The predicted octanol–water partition coefficient (Wildman–Crippen LogP) is 0.909. The van der Waals surface area contributed by atoms with Gasteiger partial charge in [0.05, 0.1) is 12.2 Å². The molecule has 0 spiro atoms. The van der Waals surface area contributed by atoms with Gasteiger partial charge in [0.25, 0.3) is 0 Å². The van der Waals surface area contributed by atoms with Gasteiger partial charge in [0.15, 0.2) is 6.23 Å². The highest BCUT2D eigenvalue weighted by Crippen LogP contribution is 2.14. The van der Waals surface area contributed by atoms with E-state index >= 15 is 0 Å². The van der Waals surface area contributed by atoms with Gasteiger partial charge in [0.1, 0.15) is 12.1 Å². The molecule has 102 valence electrons. The standard InChI is InChI=1S/C12H15FN4O2/c13-9-2-1-5-15-10(9)8-16-12(18)17-6-7-19-11(17)3-4-14/h1-2,5-7,11H,3-4,8,14H2,(H,16,18). The average molecular weight is 266 g/mol. The minimum atomic E-state index is -0.450. The second-order valence-electron chi connectivity index (χ2n) is 3.95. The van der Waals surface area contributed by atoms with E-state index in [-0.39, 0.29) is 18.3 Å². The Morgan fingerprint density at radius 3 is 3.21 bits per heavy atom. The molecule has 19 heavy (non-hydrogen) atoms. The van der Waals surface area contributed by atoms with Gasteiger partial charge in [-0.1, -0.05) is 0 Å². The molecule has 0 saturated carbocycles. The number of nitrogens with two attached hydrogens (primary N) is 1. The molecular formula is C12H15FN4O2. The lowest BCUT2D eigenvalue weighted by Gasteiger charge is -2.22. The molecule has 0 aromatic carbocycles. The lowest BCUT2D eigenvalue weighted by molar-refractivity contribution is 0.0696. The second-order valence-corrected chi connectivity index (χ2v) is 3.95. The van der Waals surface area contributed by atoms with Crippen LogP contribution in [0.1, 0.15) is 12.1 Å². The van der Waals surface area contributed by atoms with Crippen LogP contribution in [0.2, 0.25) is 0 Å². The van der Waals surface area contributed by atoms with Crippen molar-refractivity contribution in [2.75, 3.05) is 6.54 Å². The molecule has 0 saturated heterocycles. The van der Waals surface area contributed by atoms with Crippen molar-refractivity contribution in [3.63, 3.8) is 0 Å². The zero-order valence-corrected chi connectivity index (χ0v) is 10.3. The zero-order valence-electron chi connectivity index (χ0n) is 10.3. The Labute approximate surface area is 110 Å². The molecule has 0 fully saturated rings. The number of pyridine rings is 1. The van der Waals surface area contributed by atoms with Crippen molar-refractivity contribution >= 4 is 6.03 Å². The Hall–Kier alpha value is -2.15. The van der Waals surface area contributed by atoms with Gasteiger partial charge in [-0.3, -0.25) is 9.88 Å². The molecule has 1 aliphatic rings. The summed E-state index contributed by atoms with van der Waals surface area (Å²) in [5, 5.41) is 2.58. The third-order valence-corrected chi connectivity index (χ3v) is 2.66. The van der Waals surface area contributed by atoms with Crippen molar-refractivity contribution in [1.82, 2.24) is 15.2 Å². The Kier molecular flexibility index (Phi) is 4.30. The summed E-state index contributed by atoms with van der Waals surface area (Å²) >= 11 is 0. The first-order valence-electron chi connectivity index (χ1n) is 5.90. The number of halogens is 1. The molecule has 0 aliphatic carbocycles. The lowest BCUT2D eigenvalue weighted by atomic mass is 10.3. The van der Waals surface area contributed by atoms with Crippen LogP contribution < -0.4 is 11.1 Å². The second kappa shape index (κ2) is 6.14. The van der Waals surface area contributed by atoms with Crippen molar-refractivity contribution in [3.05, 3.63) is 42.3 Å². The van der Waals surface area contributed by atoms with Gasteiger partial charge in [-0.25, -0.2) is 9.18 Å². The molecule has 1 unspecified atom stereocenters. The van der Waals surface area contributed by atoms with Crippen LogP contribution >= 0.6 is 0 Å². The molecule has 1 aliphatic heterocycles. The van der Waals surface area contributed by atoms with Gasteiger partial charge in [-0.2, -0.15) is 0 Å². The molecule has 2 amide bonds. The van der Waals surface area contributed by atoms with E-state index in [1.54, 1.807) is 0 Å². The smallest absolute Gasteiger partial charge is 0.324 e. The van der Waals surface area contributed by atoms with E-state index in [0.29, 0.717) is 13.0 Å². The van der Waals surface area contributed by atoms with Gasteiger partial charge in [0.2, 0.25) is 0 Å². The van der Waals surface area contributed by atoms with Crippen LogP contribution in [0.4, 0.5) is 9.18 Å². The zero-order chi connectivity index (χ0) is 13.7. The first-order chi connectivity index (χ1) is 9.22. The number of nitrogens with one attached hydrogen (secondary N) is 1. The number of carbonyl (C=O) groups is 1. The van der Waals surface area contributed by atoms with E-state index in [2.05, 4.69) is 10.3 Å². The highest BCUT2D eigenvalue weighted by Gasteiger charge is 2.25. The average Bonchev–Trinajstić information content (AvgIpc) is 2.86. The number of urea groups is 1. The number of nitrogens with zero attached hydrogens (tertiary/aromatic N) is 2. The molecule has 3 N–H and O–H groups in total. The summed E-state index contributed by atoms with van der Waals surface area (Å²) in [7, 11) is 0. The molecule has 1 aromatic heterocycles. The lowest BCUT2D eigenvalue weighted by Crippen LogP contribution is -2.42. The summed E-state index contributed by atoms with van der Waals surface area (Å²) in [4.78, 5) is 17.1. The molecule has 2 heterocycles. The maximum absolute atomic E-state index is 13.3. The molecule has 1 aromatic rings. The molecular weight excluding hydrogens is 251 g/mol. The Morgan fingerprint density at radius 1 is 1.63 bits per heavy atom. The summed E-state index contributed by atoms with van der Waals surface area (Å²) in [6.45, 7) is 0.427. The van der Waals surface area contributed by atoms with Crippen LogP contribution in [-0.2, 0) is 11.3 Å². The monoisotopic (exact) mass is 266 g/mol. The van der Waals surface area contributed by atoms with Crippen LogP contribution in [0.15, 0.2) is 30.8 Å². The van der Waals surface area contributed by atoms with E-state index in [1.807, 2.05) is 0 Å². The van der Waals surface area contributed by atoms with Crippen molar-refractivity contribution < 1.29 is 13.9 Å². The summed E-state index contributed by atoms with van der Waals surface area (Å²) in [5.41, 5.74) is 5.62. The number of amides is 2. The molecule has 0 radical (unpaired) electrons. The molecule has 0 bridgehead atoms. The normalized spacial score (nSPS) is 17.4. The van der Waals surface area contributed by atoms with Crippen LogP contribution in [0.3, 0.4) is 0 Å². The number of hydrogen-bond acceptors (Lipinski definition) is 4. The van der Waals surface area contributed by atoms with Gasteiger partial charge in [-0.05, 0) is 18.7 Å². The fraction of sp³-hybridized carbons (Fsp3) is 0.333. The molecule has 2 rings (SSSR count). The number of hydrogen-bond donors (Lipinski definition) is 2. The van der Waals surface area contributed by atoms with Gasteiger partial charge in [0, 0.05) is 18.8 Å². The van der Waals surface area contributed by atoms with Crippen LogP contribution in [-0.4, -0.2) is 28.7 Å². The number of rotatable bonds is 4.